The van der Waals surface area contributed by atoms with E-state index in [4.69, 9.17) is 11.5 Å². The largest absolute Gasteiger partial charge is 0.480 e. The number of carbonyl (C=O) groups excluding carboxylic acids is 1. The van der Waals surface area contributed by atoms with Crippen molar-refractivity contribution < 1.29 is 34.5 Å². The van der Waals surface area contributed by atoms with Crippen LogP contribution in [0.15, 0.2) is 4.99 Å². The lowest BCUT2D eigenvalue weighted by atomic mass is 10.2. The fraction of sp³-hybridized carbons (Fsp3) is 0.773. The van der Waals surface area contributed by atoms with Crippen molar-refractivity contribution in [3.63, 3.8) is 0 Å². The van der Waals surface area contributed by atoms with E-state index in [0.29, 0.717) is 71.7 Å². The molecule has 0 aromatic carbocycles. The van der Waals surface area contributed by atoms with Gasteiger partial charge in [0.1, 0.15) is 0 Å². The first-order valence-corrected chi connectivity index (χ1v) is 12.3. The third-order valence-electron chi connectivity index (χ3n) is 5.87. The van der Waals surface area contributed by atoms with Gasteiger partial charge in [-0.3, -0.25) is 43.8 Å². The molecule has 0 spiro atoms. The summed E-state index contributed by atoms with van der Waals surface area (Å²) in [4.78, 5) is 57.6. The fourth-order valence-electron chi connectivity index (χ4n) is 3.99. The summed E-state index contributed by atoms with van der Waals surface area (Å²) in [6.07, 6.45) is 1.39. The highest BCUT2D eigenvalue weighted by Crippen LogP contribution is 2.02. The summed E-state index contributed by atoms with van der Waals surface area (Å²) in [5, 5.41) is 30.8. The Labute approximate surface area is 217 Å². The Hall–Kier alpha value is -3.01. The molecule has 212 valence electrons. The van der Waals surface area contributed by atoms with Crippen molar-refractivity contribution in [3.05, 3.63) is 0 Å². The molecule has 1 aliphatic rings. The molecular formula is C22H42N8O7. The molecule has 0 aromatic heterocycles. The van der Waals surface area contributed by atoms with Crippen LogP contribution in [0.3, 0.4) is 0 Å². The molecule has 0 saturated carbocycles. The highest BCUT2D eigenvalue weighted by Gasteiger charge is 2.21. The average molecular weight is 531 g/mol. The number of nitrogens with one attached hydrogen (secondary N) is 1. The molecule has 1 amide bonds. The van der Waals surface area contributed by atoms with Crippen molar-refractivity contribution in [1.29, 1.82) is 0 Å². The van der Waals surface area contributed by atoms with Crippen molar-refractivity contribution in [3.8, 4) is 0 Å². The molecule has 15 heteroatoms. The third kappa shape index (κ3) is 16.4. The van der Waals surface area contributed by atoms with Crippen LogP contribution in [0.1, 0.15) is 19.8 Å². The molecule has 1 unspecified atom stereocenters. The molecular weight excluding hydrogens is 488 g/mol. The molecule has 1 heterocycles. The minimum atomic E-state index is -1.01. The molecule has 0 aliphatic carbocycles. The second kappa shape index (κ2) is 17.4. The summed E-state index contributed by atoms with van der Waals surface area (Å²) in [6.45, 7) is 4.56. The van der Waals surface area contributed by atoms with Gasteiger partial charge in [0.2, 0.25) is 5.91 Å². The quantitative estimate of drug-likeness (QED) is 0.0796. The van der Waals surface area contributed by atoms with Crippen molar-refractivity contribution in [2.24, 2.45) is 16.5 Å². The Kier molecular flexibility index (Phi) is 15.1. The summed E-state index contributed by atoms with van der Waals surface area (Å²) >= 11 is 0. The third-order valence-corrected chi connectivity index (χ3v) is 5.87. The topological polar surface area (TPSA) is 218 Å². The maximum absolute atomic E-state index is 12.7. The molecule has 1 atom stereocenters. The molecule has 37 heavy (non-hydrogen) atoms. The number of guanidine groups is 1. The van der Waals surface area contributed by atoms with Crippen molar-refractivity contribution in [1.82, 2.24) is 24.9 Å². The van der Waals surface area contributed by atoms with Crippen molar-refractivity contribution in [2.75, 3.05) is 85.1 Å². The van der Waals surface area contributed by atoms with Gasteiger partial charge >= 0.3 is 17.9 Å². The second-order valence-corrected chi connectivity index (χ2v) is 9.20. The highest BCUT2D eigenvalue weighted by atomic mass is 16.4. The maximum atomic E-state index is 12.7. The van der Waals surface area contributed by atoms with Crippen LogP contribution in [0.5, 0.6) is 0 Å². The summed E-state index contributed by atoms with van der Waals surface area (Å²) in [7, 11) is 0. The molecule has 1 aliphatic heterocycles. The van der Waals surface area contributed by atoms with Gasteiger partial charge in [0.05, 0.1) is 26.2 Å². The molecule has 0 aromatic rings. The number of carboxylic acid groups (broad SMARTS) is 3. The van der Waals surface area contributed by atoms with Crippen LogP contribution in [0, 0.1) is 0 Å². The van der Waals surface area contributed by atoms with Crippen LogP contribution in [-0.2, 0) is 19.2 Å². The van der Waals surface area contributed by atoms with Crippen LogP contribution in [0.25, 0.3) is 0 Å². The van der Waals surface area contributed by atoms with Crippen LogP contribution >= 0.6 is 0 Å². The summed E-state index contributed by atoms with van der Waals surface area (Å²) in [5.74, 6) is -3.17. The van der Waals surface area contributed by atoms with Crippen LogP contribution in [-0.4, -0.2) is 156 Å². The number of nitrogens with two attached hydrogens (primary N) is 2. The number of aliphatic imine (C=N–C) groups is 1. The number of rotatable bonds is 13. The Bertz CT molecular complexity index is 746. The highest BCUT2D eigenvalue weighted by molar-refractivity contribution is 5.78. The van der Waals surface area contributed by atoms with E-state index in [1.807, 2.05) is 11.8 Å². The Morgan fingerprint density at radius 3 is 1.41 bits per heavy atom. The number of carbonyl (C=O) groups is 4. The van der Waals surface area contributed by atoms with Gasteiger partial charge in [-0.15, -0.1) is 0 Å². The molecule has 0 bridgehead atoms. The zero-order valence-electron chi connectivity index (χ0n) is 21.5. The van der Waals surface area contributed by atoms with E-state index in [1.54, 1.807) is 14.7 Å². The normalized spacial score (nSPS) is 18.2. The number of amides is 1. The van der Waals surface area contributed by atoms with E-state index < -0.39 is 17.9 Å². The maximum Gasteiger partial charge on any atom is 0.317 e. The van der Waals surface area contributed by atoms with E-state index in [9.17, 15) is 34.5 Å². The van der Waals surface area contributed by atoms with E-state index >= 15 is 0 Å². The predicted molar refractivity (Wildman–Crippen MR) is 136 cm³/mol. The van der Waals surface area contributed by atoms with Crippen LogP contribution in [0.2, 0.25) is 0 Å². The number of carboxylic acids is 3. The van der Waals surface area contributed by atoms with Crippen LogP contribution < -0.4 is 16.8 Å². The van der Waals surface area contributed by atoms with Crippen LogP contribution in [0.4, 0.5) is 0 Å². The van der Waals surface area contributed by atoms with Gasteiger partial charge in [-0.1, -0.05) is 0 Å². The molecule has 1 fully saturated rings. The second-order valence-electron chi connectivity index (χ2n) is 9.20. The monoisotopic (exact) mass is 530 g/mol. The van der Waals surface area contributed by atoms with Gasteiger partial charge in [0.25, 0.3) is 0 Å². The van der Waals surface area contributed by atoms with E-state index in [0.717, 1.165) is 0 Å². The first-order chi connectivity index (χ1) is 17.4. The Morgan fingerprint density at radius 1 is 0.730 bits per heavy atom. The lowest BCUT2D eigenvalue weighted by Gasteiger charge is -2.33. The van der Waals surface area contributed by atoms with Gasteiger partial charge in [-0.2, -0.15) is 0 Å². The predicted octanol–water partition coefficient (Wildman–Crippen LogP) is -2.98. The van der Waals surface area contributed by atoms with E-state index in [-0.39, 0.29) is 44.1 Å². The molecule has 8 N–H and O–H groups in total. The zero-order chi connectivity index (χ0) is 27.8. The van der Waals surface area contributed by atoms with Gasteiger partial charge in [-0.25, -0.2) is 0 Å². The number of hydrogen-bond acceptors (Lipinski definition) is 9. The van der Waals surface area contributed by atoms with Gasteiger partial charge in [0.15, 0.2) is 5.96 Å². The van der Waals surface area contributed by atoms with Crippen molar-refractivity contribution in [2.45, 2.75) is 25.8 Å². The summed E-state index contributed by atoms with van der Waals surface area (Å²) in [5.41, 5.74) is 10.6. The van der Waals surface area contributed by atoms with Gasteiger partial charge in [0, 0.05) is 64.9 Å². The zero-order valence-corrected chi connectivity index (χ0v) is 21.5. The van der Waals surface area contributed by atoms with Gasteiger partial charge in [-0.05, 0) is 19.8 Å². The lowest BCUT2D eigenvalue weighted by Crippen LogP contribution is -2.50. The number of nitrogens with zero attached hydrogens (tertiary/aromatic N) is 5. The molecule has 15 nitrogen and oxygen atoms in total. The standard InChI is InChI=1S/C22H42N8O7/c1-17(3-2-4-25-22(23)24)26-18(31)13-27-5-7-28(14-19(32)33)9-11-30(16-21(36)37)12-10-29(8-6-27)15-20(34)35/h17H,2-16H2,1H3,(H,26,31)(H,32,33)(H,34,35)(H,36,37)(H4,23,24,25). The summed E-state index contributed by atoms with van der Waals surface area (Å²) < 4.78 is 0. The lowest BCUT2D eigenvalue weighted by molar-refractivity contribution is -0.140. The first kappa shape index (κ1) is 32.0. The van der Waals surface area contributed by atoms with E-state index in [1.165, 1.54) is 0 Å². The molecule has 0 radical (unpaired) electrons. The average Bonchev–Trinajstić information content (AvgIpc) is 2.77. The SMILES string of the molecule is CC(CCCN=C(N)N)NC(=O)CN1CCN(CC(=O)O)CCN(CC(=O)O)CCN(CC(=O)O)CC1. The Morgan fingerprint density at radius 2 is 1.08 bits per heavy atom. The molecule has 1 rings (SSSR count). The number of aliphatic carboxylic acids is 3. The van der Waals surface area contributed by atoms with Gasteiger partial charge < -0.3 is 32.1 Å². The first-order valence-electron chi connectivity index (χ1n) is 12.3. The molecule has 1 saturated heterocycles. The summed E-state index contributed by atoms with van der Waals surface area (Å²) in [6, 6.07) is -0.0959. The van der Waals surface area contributed by atoms with Crippen molar-refractivity contribution >= 4 is 29.8 Å². The number of hydrogen-bond donors (Lipinski definition) is 6. The minimum Gasteiger partial charge on any atom is -0.480 e. The fourth-order valence-corrected chi connectivity index (χ4v) is 3.99. The minimum absolute atomic E-state index is 0.0236. The smallest absolute Gasteiger partial charge is 0.317 e. The van der Waals surface area contributed by atoms with E-state index in [2.05, 4.69) is 10.3 Å². The Balaban J connectivity index is 2.84.